The lowest BCUT2D eigenvalue weighted by Crippen LogP contribution is -2.28. The van der Waals surface area contributed by atoms with Gasteiger partial charge in [-0.15, -0.1) is 0 Å². The fourth-order valence-corrected chi connectivity index (χ4v) is 4.66. The molecule has 0 fully saturated rings. The van der Waals surface area contributed by atoms with Gasteiger partial charge in [0.2, 0.25) is 5.91 Å². The van der Waals surface area contributed by atoms with Gasteiger partial charge in [-0.25, -0.2) is 0 Å². The number of carboxylic acid groups (broad SMARTS) is 1. The van der Waals surface area contributed by atoms with Crippen LogP contribution in [0, 0.1) is 17.8 Å². The number of aliphatic hydroxyl groups is 1. The Morgan fingerprint density at radius 1 is 0.560 bits per heavy atom. The minimum absolute atomic E-state index is 0. The van der Waals surface area contributed by atoms with Crippen LogP contribution in [0.15, 0.2) is 30.3 Å². The van der Waals surface area contributed by atoms with Gasteiger partial charge in [0, 0.05) is 61.2 Å². The number of hydrogen-bond acceptors (Lipinski definition) is 9. The van der Waals surface area contributed by atoms with E-state index in [0.717, 1.165) is 5.56 Å². The van der Waals surface area contributed by atoms with Gasteiger partial charge in [0.15, 0.2) is 0 Å². The molecule has 285 valence electrons. The van der Waals surface area contributed by atoms with Crippen LogP contribution in [0.3, 0.4) is 0 Å². The van der Waals surface area contributed by atoms with Gasteiger partial charge >= 0.3 is 5.97 Å². The molecule has 1 aromatic carbocycles. The summed E-state index contributed by atoms with van der Waals surface area (Å²) in [6.45, 7) is 16.5. The molecule has 0 aliphatic carbocycles. The molecule has 1 amide bonds. The van der Waals surface area contributed by atoms with Crippen molar-refractivity contribution in [3.05, 3.63) is 35.9 Å². The Morgan fingerprint density at radius 2 is 0.860 bits per heavy atom. The van der Waals surface area contributed by atoms with Crippen molar-refractivity contribution in [3.8, 4) is 0 Å². The van der Waals surface area contributed by atoms with Gasteiger partial charge in [0.1, 0.15) is 34.7 Å². The number of aliphatic carboxylic acids is 1. The van der Waals surface area contributed by atoms with Crippen molar-refractivity contribution < 1.29 is 50.0 Å². The van der Waals surface area contributed by atoms with Crippen LogP contribution in [0.1, 0.15) is 141 Å². The first-order chi connectivity index (χ1) is 22.0. The van der Waals surface area contributed by atoms with Crippen molar-refractivity contribution in [3.63, 3.8) is 0 Å². The molecule has 0 heterocycles. The third-order valence-corrected chi connectivity index (χ3v) is 6.32. The highest BCUT2D eigenvalue weighted by Gasteiger charge is 2.14. The summed E-state index contributed by atoms with van der Waals surface area (Å²) in [4.78, 5) is 85.0. The van der Waals surface area contributed by atoms with Gasteiger partial charge in [-0.2, -0.15) is 0 Å². The van der Waals surface area contributed by atoms with E-state index in [4.69, 9.17) is 10.2 Å². The predicted molar refractivity (Wildman–Crippen MR) is 200 cm³/mol. The zero-order valence-electron chi connectivity index (χ0n) is 31.2. The monoisotopic (exact) mass is 707 g/mol. The third-order valence-electron chi connectivity index (χ3n) is 6.32. The van der Waals surface area contributed by atoms with Crippen LogP contribution in [0.25, 0.3) is 0 Å². The van der Waals surface area contributed by atoms with Crippen LogP contribution in [0.2, 0.25) is 0 Å². The molecule has 0 saturated carbocycles. The summed E-state index contributed by atoms with van der Waals surface area (Å²) in [6.07, 6.45) is 1.75. The first-order valence-electron chi connectivity index (χ1n) is 16.3. The van der Waals surface area contributed by atoms with Crippen molar-refractivity contribution >= 4 is 55.0 Å². The van der Waals surface area contributed by atoms with Gasteiger partial charge in [-0.05, 0) is 71.8 Å². The molecule has 1 unspecified atom stereocenters. The number of carbonyl (C=O) groups is 8. The molecule has 11 nitrogen and oxygen atoms in total. The smallest absolute Gasteiger partial charge is 0.303 e. The zero-order chi connectivity index (χ0) is 38.0. The Balaban J connectivity index is -0.000000135. The molecule has 1 aromatic rings. The normalized spacial score (nSPS) is 11.5. The summed E-state index contributed by atoms with van der Waals surface area (Å²) in [5, 5.41) is 20.2. The molecule has 3 radical (unpaired) electrons. The lowest BCUT2D eigenvalue weighted by atomic mass is 10.00. The standard InChI is InChI=1S/C15H21NO2.C8H14O2.2C7H12O3.CH4.B.H2/c1-11(9-12(2)17)10-15(18)16-13(3)14-7-5-4-6-8-14;1-6(4-7(2)9)5-8(3)10;1-5(8)3-7(10)4-6(2)9;1-5(3-6(2)8)4-7(9)10;;;/h4-8,11,13H,9-10H2,1-3H3,(H,16,18);6H,4-5H2,1-3H3;7,10H,3-4H2,1-2H3;5H,3-4H2,1-2H3,(H,9,10);1H4;;1H/t11-,13?;;;5-;;;/m0..0.../s1/i;;;;;;1+1. The van der Waals surface area contributed by atoms with Crippen molar-refractivity contribution in [1.29, 1.82) is 0 Å². The topological polar surface area (TPSA) is 189 Å². The Hall–Kier alpha value is -3.80. The van der Waals surface area contributed by atoms with E-state index >= 15 is 0 Å². The maximum Gasteiger partial charge on any atom is 0.303 e. The summed E-state index contributed by atoms with van der Waals surface area (Å²) in [6, 6.07) is 9.84. The Morgan fingerprint density at radius 3 is 1.16 bits per heavy atom. The average molecular weight is 708 g/mol. The second-order valence-corrected chi connectivity index (χ2v) is 12.9. The number of carbonyl (C=O) groups excluding carboxylic acids is 7. The molecule has 50 heavy (non-hydrogen) atoms. The van der Waals surface area contributed by atoms with Gasteiger partial charge in [-0.3, -0.25) is 19.2 Å². The molecule has 1 rings (SSSR count). The molecule has 0 spiro atoms. The molecule has 0 bridgehead atoms. The first-order valence-corrected chi connectivity index (χ1v) is 16.3. The highest BCUT2D eigenvalue weighted by molar-refractivity contribution is 5.80. The van der Waals surface area contributed by atoms with E-state index in [1.165, 1.54) is 20.8 Å². The maximum absolute atomic E-state index is 11.8. The number of Topliss-reactive ketones (excluding diaryl/α,β-unsaturated/α-hetero) is 6. The summed E-state index contributed by atoms with van der Waals surface area (Å²) in [7, 11) is 0. The summed E-state index contributed by atoms with van der Waals surface area (Å²) in [5.41, 5.74) is 1.09. The number of aliphatic hydroxyl groups excluding tert-OH is 1. The Kier molecular flexibility index (Phi) is 36.0. The lowest BCUT2D eigenvalue weighted by molar-refractivity contribution is -0.138. The van der Waals surface area contributed by atoms with Crippen LogP contribution in [-0.2, 0) is 38.4 Å². The van der Waals surface area contributed by atoms with Crippen molar-refractivity contribution in [1.82, 2.24) is 5.32 Å². The van der Waals surface area contributed by atoms with E-state index in [9.17, 15) is 38.4 Å². The van der Waals surface area contributed by atoms with E-state index < -0.39 is 12.1 Å². The van der Waals surface area contributed by atoms with E-state index in [1.807, 2.05) is 51.1 Å². The van der Waals surface area contributed by atoms with Gasteiger partial charge < -0.3 is 34.7 Å². The number of rotatable bonds is 18. The van der Waals surface area contributed by atoms with Crippen LogP contribution in [0.4, 0.5) is 0 Å². The largest absolute Gasteiger partial charge is 0.481 e. The minimum atomic E-state index is -0.839. The number of hydrogen-bond donors (Lipinski definition) is 3. The fraction of sp³-hybridized carbons (Fsp3) is 0.632. The molecule has 0 aliphatic rings. The molecule has 3 atom stereocenters. The number of nitrogens with one attached hydrogen (secondary N) is 1. The zero-order valence-corrected chi connectivity index (χ0v) is 31.2. The van der Waals surface area contributed by atoms with E-state index in [0.29, 0.717) is 32.1 Å². The van der Waals surface area contributed by atoms with Crippen molar-refractivity contribution in [2.45, 2.75) is 140 Å². The van der Waals surface area contributed by atoms with Gasteiger partial charge in [-0.1, -0.05) is 58.5 Å². The molecular weight excluding hydrogens is 641 g/mol. The molecule has 3 N–H and O–H groups in total. The van der Waals surface area contributed by atoms with Gasteiger partial charge in [0.25, 0.3) is 0 Å². The minimum Gasteiger partial charge on any atom is -0.481 e. The molecule has 0 aliphatic heterocycles. The highest BCUT2D eigenvalue weighted by atomic mass is 16.4. The van der Waals surface area contributed by atoms with E-state index in [1.54, 1.807) is 27.7 Å². The SMILES string of the molecule is C.CC(=O)CC(C)CC(C)=O.CC(=O)CC(O)CC(C)=O.CC(=O)C[C@H](C)CC(=O)NC(C)c1ccccc1.CC(=O)C[C@H](C)CC(=O)O.[2HH].[B]. The Labute approximate surface area is 303 Å². The first kappa shape index (κ1) is 55.6. The molecule has 0 saturated heterocycles. The summed E-state index contributed by atoms with van der Waals surface area (Å²) < 4.78 is 0. The van der Waals surface area contributed by atoms with E-state index in [2.05, 4.69) is 5.32 Å². The highest BCUT2D eigenvalue weighted by Crippen LogP contribution is 2.14. The number of ketones is 6. The van der Waals surface area contributed by atoms with Crippen LogP contribution < -0.4 is 5.32 Å². The number of benzene rings is 1. The lowest BCUT2D eigenvalue weighted by Gasteiger charge is -2.16. The van der Waals surface area contributed by atoms with E-state index in [-0.39, 0.29) is 101 Å². The van der Waals surface area contributed by atoms with Crippen LogP contribution in [0.5, 0.6) is 0 Å². The molecule has 12 heteroatoms. The molecular formula is C38H65BNO10. The fourth-order valence-electron chi connectivity index (χ4n) is 4.66. The maximum atomic E-state index is 11.8. The van der Waals surface area contributed by atoms with Crippen molar-refractivity contribution in [2.24, 2.45) is 17.8 Å². The van der Waals surface area contributed by atoms with Crippen LogP contribution in [-0.4, -0.2) is 71.3 Å². The number of carboxylic acids is 1. The second kappa shape index (κ2) is 32.4. The number of amides is 1. The Bertz CT molecular complexity index is 1050. The van der Waals surface area contributed by atoms with Gasteiger partial charge in [0.05, 0.1) is 12.1 Å². The third kappa shape index (κ3) is 42.2. The second-order valence-electron chi connectivity index (χ2n) is 12.9. The quantitative estimate of drug-likeness (QED) is 0.145. The summed E-state index contributed by atoms with van der Waals surface area (Å²) in [5.74, 6) is -0.227. The van der Waals surface area contributed by atoms with Crippen LogP contribution >= 0.6 is 0 Å². The summed E-state index contributed by atoms with van der Waals surface area (Å²) >= 11 is 0. The molecule has 0 aromatic heterocycles. The average Bonchev–Trinajstić information content (AvgIpc) is 2.86. The van der Waals surface area contributed by atoms with Crippen molar-refractivity contribution in [2.75, 3.05) is 0 Å². The predicted octanol–water partition coefficient (Wildman–Crippen LogP) is 6.33.